The van der Waals surface area contributed by atoms with Gasteiger partial charge in [-0.05, 0) is 56.7 Å². The molecule has 8 heteroatoms. The minimum Gasteiger partial charge on any atom is -0.496 e. The number of benzene rings is 2. The van der Waals surface area contributed by atoms with Crippen LogP contribution in [0.2, 0.25) is 0 Å². The van der Waals surface area contributed by atoms with Crippen molar-refractivity contribution in [1.82, 2.24) is 5.43 Å². The molecule has 2 aromatic carbocycles. The van der Waals surface area contributed by atoms with Crippen LogP contribution in [0.4, 0.5) is 4.79 Å². The molecule has 154 valence electrons. The molecule has 0 aliphatic carbocycles. The van der Waals surface area contributed by atoms with Crippen LogP contribution in [0.3, 0.4) is 0 Å². The van der Waals surface area contributed by atoms with E-state index in [0.717, 1.165) is 0 Å². The highest BCUT2D eigenvalue weighted by Crippen LogP contribution is 2.29. The van der Waals surface area contributed by atoms with Crippen molar-refractivity contribution in [3.8, 4) is 17.2 Å². The Balaban J connectivity index is 2.09. The first-order chi connectivity index (χ1) is 13.7. The molecule has 0 heterocycles. The Kier molecular flexibility index (Phi) is 7.19. The van der Waals surface area contributed by atoms with E-state index in [9.17, 15) is 9.59 Å². The SMILES string of the molecule is COc1cc(C=NNC(=O)OC(C)(C)C)ccc1OC(=O)c1ccccc1OC. The number of carbonyl (C=O) groups excluding carboxylic acids is 2. The normalized spacial score (nSPS) is 11.1. The van der Waals surface area contributed by atoms with Gasteiger partial charge in [0, 0.05) is 0 Å². The van der Waals surface area contributed by atoms with Crippen LogP contribution < -0.4 is 19.6 Å². The predicted molar refractivity (Wildman–Crippen MR) is 108 cm³/mol. The summed E-state index contributed by atoms with van der Waals surface area (Å²) in [5, 5.41) is 3.83. The van der Waals surface area contributed by atoms with Crippen molar-refractivity contribution in [2.24, 2.45) is 5.10 Å². The highest BCUT2D eigenvalue weighted by atomic mass is 16.6. The number of nitrogens with zero attached hydrogens (tertiary/aromatic N) is 1. The number of methoxy groups -OCH3 is 2. The third kappa shape index (κ3) is 6.53. The van der Waals surface area contributed by atoms with Crippen LogP contribution in [0.15, 0.2) is 47.6 Å². The van der Waals surface area contributed by atoms with E-state index in [-0.39, 0.29) is 5.75 Å². The molecule has 0 bridgehead atoms. The minimum atomic E-state index is -0.664. The van der Waals surface area contributed by atoms with E-state index in [2.05, 4.69) is 10.5 Å². The second-order valence-electron chi connectivity index (χ2n) is 6.87. The van der Waals surface area contributed by atoms with Gasteiger partial charge in [0.05, 0.1) is 20.4 Å². The molecule has 0 saturated carbocycles. The van der Waals surface area contributed by atoms with E-state index >= 15 is 0 Å². The molecule has 29 heavy (non-hydrogen) atoms. The Morgan fingerprint density at radius 3 is 2.31 bits per heavy atom. The van der Waals surface area contributed by atoms with Crippen LogP contribution >= 0.6 is 0 Å². The van der Waals surface area contributed by atoms with E-state index in [4.69, 9.17) is 18.9 Å². The molecule has 1 N–H and O–H groups in total. The number of hydrogen-bond acceptors (Lipinski definition) is 7. The number of para-hydroxylation sites is 1. The Morgan fingerprint density at radius 1 is 0.966 bits per heavy atom. The summed E-state index contributed by atoms with van der Waals surface area (Å²) in [6.07, 6.45) is 0.751. The fourth-order valence-corrected chi connectivity index (χ4v) is 2.28. The standard InChI is InChI=1S/C21H24N2O6/c1-21(2,3)29-20(25)23-22-13-14-10-11-17(18(12-14)27-5)28-19(24)15-8-6-7-9-16(15)26-4/h6-13H,1-5H3,(H,23,25). The lowest BCUT2D eigenvalue weighted by molar-refractivity contribution is 0.0529. The van der Waals surface area contributed by atoms with E-state index in [0.29, 0.717) is 22.6 Å². The van der Waals surface area contributed by atoms with Crippen LogP contribution in [-0.4, -0.2) is 38.1 Å². The fourth-order valence-electron chi connectivity index (χ4n) is 2.28. The number of hydrazone groups is 1. The topological polar surface area (TPSA) is 95.5 Å². The highest BCUT2D eigenvalue weighted by molar-refractivity contribution is 5.94. The molecule has 0 spiro atoms. The first-order valence-corrected chi connectivity index (χ1v) is 8.79. The molecule has 8 nitrogen and oxygen atoms in total. The van der Waals surface area contributed by atoms with Gasteiger partial charge in [0.15, 0.2) is 11.5 Å². The van der Waals surface area contributed by atoms with Gasteiger partial charge in [0.25, 0.3) is 0 Å². The molecular weight excluding hydrogens is 376 g/mol. The van der Waals surface area contributed by atoms with Crippen molar-refractivity contribution < 1.29 is 28.5 Å². The smallest absolute Gasteiger partial charge is 0.428 e. The lowest BCUT2D eigenvalue weighted by Crippen LogP contribution is -2.29. The number of rotatable bonds is 6. The van der Waals surface area contributed by atoms with E-state index < -0.39 is 17.7 Å². The van der Waals surface area contributed by atoms with Gasteiger partial charge in [-0.25, -0.2) is 15.0 Å². The molecule has 0 aliphatic rings. The minimum absolute atomic E-state index is 0.237. The molecule has 0 saturated heterocycles. The summed E-state index contributed by atoms with van der Waals surface area (Å²) in [4.78, 5) is 24.1. The van der Waals surface area contributed by atoms with Crippen molar-refractivity contribution in [3.05, 3.63) is 53.6 Å². The number of ether oxygens (including phenoxy) is 4. The van der Waals surface area contributed by atoms with Gasteiger partial charge in [-0.2, -0.15) is 5.10 Å². The molecule has 0 aromatic heterocycles. The number of esters is 1. The van der Waals surface area contributed by atoms with Crippen LogP contribution in [0.1, 0.15) is 36.7 Å². The third-order valence-electron chi connectivity index (χ3n) is 3.49. The average Bonchev–Trinajstić information content (AvgIpc) is 2.67. The Labute approximate surface area is 169 Å². The van der Waals surface area contributed by atoms with Crippen LogP contribution in [0, 0.1) is 0 Å². The number of hydrogen-bond donors (Lipinski definition) is 1. The largest absolute Gasteiger partial charge is 0.496 e. The van der Waals surface area contributed by atoms with Gasteiger partial charge in [-0.15, -0.1) is 0 Å². The van der Waals surface area contributed by atoms with Crippen LogP contribution in [0.25, 0.3) is 0 Å². The summed E-state index contributed by atoms with van der Waals surface area (Å²) in [6, 6.07) is 11.6. The molecule has 0 fully saturated rings. The lowest BCUT2D eigenvalue weighted by Gasteiger charge is -2.18. The molecule has 0 atom stereocenters. The Morgan fingerprint density at radius 2 is 1.66 bits per heavy atom. The quantitative estimate of drug-likeness (QED) is 0.343. The highest BCUT2D eigenvalue weighted by Gasteiger charge is 2.17. The maximum Gasteiger partial charge on any atom is 0.428 e. The van der Waals surface area contributed by atoms with Crippen LogP contribution in [-0.2, 0) is 4.74 Å². The van der Waals surface area contributed by atoms with Gasteiger partial charge < -0.3 is 18.9 Å². The number of carbonyl (C=O) groups is 2. The zero-order chi connectivity index (χ0) is 21.4. The van der Waals surface area contributed by atoms with Crippen LogP contribution in [0.5, 0.6) is 17.2 Å². The first-order valence-electron chi connectivity index (χ1n) is 8.79. The Bertz CT molecular complexity index is 902. The van der Waals surface area contributed by atoms with Crippen molar-refractivity contribution in [2.75, 3.05) is 14.2 Å². The first kappa shape index (κ1) is 21.7. The molecule has 0 unspecified atom stereocenters. The summed E-state index contributed by atoms with van der Waals surface area (Å²) < 4.78 is 21.0. The zero-order valence-corrected chi connectivity index (χ0v) is 17.0. The third-order valence-corrected chi connectivity index (χ3v) is 3.49. The summed E-state index contributed by atoms with van der Waals surface area (Å²) in [5.74, 6) is 0.400. The summed E-state index contributed by atoms with van der Waals surface area (Å²) in [7, 11) is 2.93. The van der Waals surface area contributed by atoms with Crippen molar-refractivity contribution >= 4 is 18.3 Å². The zero-order valence-electron chi connectivity index (χ0n) is 17.0. The van der Waals surface area contributed by atoms with E-state index in [1.165, 1.54) is 20.4 Å². The van der Waals surface area contributed by atoms with Crippen molar-refractivity contribution in [2.45, 2.75) is 26.4 Å². The average molecular weight is 400 g/mol. The maximum absolute atomic E-state index is 12.5. The lowest BCUT2D eigenvalue weighted by atomic mass is 10.2. The maximum atomic E-state index is 12.5. The summed E-state index contributed by atoms with van der Waals surface area (Å²) in [5.41, 5.74) is 2.58. The second kappa shape index (κ2) is 9.59. The van der Waals surface area contributed by atoms with Gasteiger partial charge in [-0.1, -0.05) is 12.1 Å². The second-order valence-corrected chi connectivity index (χ2v) is 6.87. The van der Waals surface area contributed by atoms with Gasteiger partial charge in [0.1, 0.15) is 16.9 Å². The van der Waals surface area contributed by atoms with E-state index in [1.54, 1.807) is 63.2 Å². The molecule has 2 aromatic rings. The van der Waals surface area contributed by atoms with Gasteiger partial charge in [0.2, 0.25) is 0 Å². The molecular formula is C21H24N2O6. The van der Waals surface area contributed by atoms with E-state index in [1.807, 2.05) is 0 Å². The monoisotopic (exact) mass is 400 g/mol. The summed E-state index contributed by atoms with van der Waals surface area (Å²) in [6.45, 7) is 5.27. The van der Waals surface area contributed by atoms with Crippen molar-refractivity contribution in [3.63, 3.8) is 0 Å². The Hall–Kier alpha value is -3.55. The van der Waals surface area contributed by atoms with Crippen molar-refractivity contribution in [1.29, 1.82) is 0 Å². The van der Waals surface area contributed by atoms with Gasteiger partial charge in [-0.3, -0.25) is 0 Å². The number of amides is 1. The molecule has 0 radical (unpaired) electrons. The van der Waals surface area contributed by atoms with Gasteiger partial charge >= 0.3 is 12.1 Å². The fraction of sp³-hybridized carbons (Fsp3) is 0.286. The predicted octanol–water partition coefficient (Wildman–Crippen LogP) is 3.78. The molecule has 1 amide bonds. The summed E-state index contributed by atoms with van der Waals surface area (Å²) >= 11 is 0. The molecule has 0 aliphatic heterocycles. The molecule has 2 rings (SSSR count). The number of nitrogens with one attached hydrogen (secondary N) is 1.